The summed E-state index contributed by atoms with van der Waals surface area (Å²) in [7, 11) is 0. The monoisotopic (exact) mass is 312 g/mol. The Balaban J connectivity index is 2.14. The molecule has 0 saturated carbocycles. The number of rotatable bonds is 4. The van der Waals surface area contributed by atoms with Crippen LogP contribution in [0.1, 0.15) is 11.4 Å². The van der Waals surface area contributed by atoms with E-state index in [4.69, 9.17) is 16.3 Å². The molecular formula is C12H10BrClN2O. The van der Waals surface area contributed by atoms with Crippen molar-refractivity contribution in [1.82, 2.24) is 9.97 Å². The van der Waals surface area contributed by atoms with Crippen LogP contribution in [0.15, 0.2) is 36.7 Å². The third-order valence-electron chi connectivity index (χ3n) is 2.16. The Morgan fingerprint density at radius 2 is 1.94 bits per heavy atom. The molecule has 0 aliphatic rings. The molecule has 2 aromatic rings. The number of halogens is 2. The molecule has 1 aromatic heterocycles. The van der Waals surface area contributed by atoms with Gasteiger partial charge in [0.15, 0.2) is 5.82 Å². The van der Waals surface area contributed by atoms with Crippen molar-refractivity contribution in [3.8, 4) is 5.75 Å². The Hall–Kier alpha value is -1.13. The first-order chi connectivity index (χ1) is 8.31. The first-order valence-corrected chi connectivity index (χ1v) is 6.53. The fraction of sp³-hybridized carbons (Fsp3) is 0.167. The summed E-state index contributed by atoms with van der Waals surface area (Å²) in [6.45, 7) is 0.310. The Morgan fingerprint density at radius 3 is 2.65 bits per heavy atom. The second kappa shape index (κ2) is 5.98. The van der Waals surface area contributed by atoms with Crippen molar-refractivity contribution >= 4 is 27.5 Å². The summed E-state index contributed by atoms with van der Waals surface area (Å²) in [6.07, 6.45) is 3.37. The molecule has 0 bridgehead atoms. The summed E-state index contributed by atoms with van der Waals surface area (Å²) >= 11 is 9.49. The first-order valence-electron chi connectivity index (χ1n) is 5.03. The number of para-hydroxylation sites is 1. The van der Waals surface area contributed by atoms with Gasteiger partial charge >= 0.3 is 0 Å². The van der Waals surface area contributed by atoms with Gasteiger partial charge in [0.25, 0.3) is 0 Å². The summed E-state index contributed by atoms with van der Waals surface area (Å²) in [5.74, 6) is 1.31. The Bertz CT molecular complexity index is 493. The van der Waals surface area contributed by atoms with E-state index in [0.717, 1.165) is 5.56 Å². The van der Waals surface area contributed by atoms with E-state index >= 15 is 0 Å². The molecule has 1 heterocycles. The van der Waals surface area contributed by atoms with Crippen molar-refractivity contribution < 1.29 is 4.74 Å². The summed E-state index contributed by atoms with van der Waals surface area (Å²) in [5.41, 5.74) is 1.01. The minimum absolute atomic E-state index is 0.310. The molecule has 2 rings (SSSR count). The van der Waals surface area contributed by atoms with Gasteiger partial charge in [0.05, 0.1) is 5.02 Å². The molecule has 1 aromatic carbocycles. The van der Waals surface area contributed by atoms with Crippen LogP contribution in [0.3, 0.4) is 0 Å². The molecule has 0 atom stereocenters. The molecule has 0 fully saturated rings. The van der Waals surface area contributed by atoms with Gasteiger partial charge in [-0.25, -0.2) is 9.97 Å². The molecule has 17 heavy (non-hydrogen) atoms. The third kappa shape index (κ3) is 3.17. The normalized spacial score (nSPS) is 10.2. The highest BCUT2D eigenvalue weighted by Crippen LogP contribution is 2.30. The standard InChI is InChI=1S/C12H10BrClN2O/c13-7-9-3-1-4-10(14)12(9)17-8-11-15-5-2-6-16-11/h1-6H,7-8H2. The van der Waals surface area contributed by atoms with Crippen LogP contribution in [0.25, 0.3) is 0 Å². The molecule has 5 heteroatoms. The predicted molar refractivity (Wildman–Crippen MR) is 70.4 cm³/mol. The Labute approximate surface area is 113 Å². The number of hydrogen-bond donors (Lipinski definition) is 0. The topological polar surface area (TPSA) is 35.0 Å². The van der Waals surface area contributed by atoms with Crippen molar-refractivity contribution in [1.29, 1.82) is 0 Å². The van der Waals surface area contributed by atoms with Crippen LogP contribution in [-0.2, 0) is 11.9 Å². The smallest absolute Gasteiger partial charge is 0.166 e. The van der Waals surface area contributed by atoms with E-state index in [1.165, 1.54) is 0 Å². The molecule has 0 aliphatic carbocycles. The maximum absolute atomic E-state index is 6.09. The van der Waals surface area contributed by atoms with Gasteiger partial charge in [0, 0.05) is 23.3 Å². The number of benzene rings is 1. The molecule has 0 N–H and O–H groups in total. The summed E-state index contributed by atoms with van der Waals surface area (Å²) in [6, 6.07) is 7.42. The highest BCUT2D eigenvalue weighted by molar-refractivity contribution is 9.08. The van der Waals surface area contributed by atoms with Crippen LogP contribution in [0.5, 0.6) is 5.75 Å². The average molecular weight is 314 g/mol. The zero-order chi connectivity index (χ0) is 12.1. The number of alkyl halides is 1. The van der Waals surface area contributed by atoms with Crippen LogP contribution in [0, 0.1) is 0 Å². The average Bonchev–Trinajstić information content (AvgIpc) is 2.38. The van der Waals surface area contributed by atoms with E-state index in [9.17, 15) is 0 Å². The number of hydrogen-bond acceptors (Lipinski definition) is 3. The van der Waals surface area contributed by atoms with Crippen molar-refractivity contribution in [3.63, 3.8) is 0 Å². The molecule has 0 amide bonds. The molecule has 0 spiro atoms. The Kier molecular flexibility index (Phi) is 4.34. The second-order valence-electron chi connectivity index (χ2n) is 3.32. The zero-order valence-electron chi connectivity index (χ0n) is 8.94. The fourth-order valence-electron chi connectivity index (χ4n) is 1.36. The fourth-order valence-corrected chi connectivity index (χ4v) is 2.05. The molecule has 0 unspecified atom stereocenters. The van der Waals surface area contributed by atoms with Gasteiger partial charge < -0.3 is 4.74 Å². The quantitative estimate of drug-likeness (QED) is 0.809. The lowest BCUT2D eigenvalue weighted by Crippen LogP contribution is -2.02. The predicted octanol–water partition coefficient (Wildman–Crippen LogP) is 3.60. The number of nitrogens with zero attached hydrogens (tertiary/aromatic N) is 2. The van der Waals surface area contributed by atoms with E-state index in [1.807, 2.05) is 12.1 Å². The highest BCUT2D eigenvalue weighted by Gasteiger charge is 2.08. The van der Waals surface area contributed by atoms with Crippen LogP contribution >= 0.6 is 27.5 Å². The first kappa shape index (κ1) is 12.3. The zero-order valence-corrected chi connectivity index (χ0v) is 11.3. The van der Waals surface area contributed by atoms with Crippen LogP contribution in [0.4, 0.5) is 0 Å². The number of aromatic nitrogens is 2. The van der Waals surface area contributed by atoms with Crippen LogP contribution < -0.4 is 4.74 Å². The minimum atomic E-state index is 0.310. The van der Waals surface area contributed by atoms with Crippen molar-refractivity contribution in [3.05, 3.63) is 53.1 Å². The highest BCUT2D eigenvalue weighted by atomic mass is 79.9. The number of ether oxygens (including phenoxy) is 1. The minimum Gasteiger partial charge on any atom is -0.484 e. The second-order valence-corrected chi connectivity index (χ2v) is 4.28. The van der Waals surface area contributed by atoms with Crippen LogP contribution in [0.2, 0.25) is 5.02 Å². The van der Waals surface area contributed by atoms with E-state index < -0.39 is 0 Å². The molecule has 0 aliphatic heterocycles. The van der Waals surface area contributed by atoms with E-state index in [2.05, 4.69) is 25.9 Å². The van der Waals surface area contributed by atoms with Gasteiger partial charge in [-0.05, 0) is 12.1 Å². The van der Waals surface area contributed by atoms with Gasteiger partial charge in [0.2, 0.25) is 0 Å². The lowest BCUT2D eigenvalue weighted by atomic mass is 10.2. The van der Waals surface area contributed by atoms with Gasteiger partial charge in [0.1, 0.15) is 12.4 Å². The lowest BCUT2D eigenvalue weighted by molar-refractivity contribution is 0.294. The van der Waals surface area contributed by atoms with Crippen LogP contribution in [-0.4, -0.2) is 9.97 Å². The molecule has 0 saturated heterocycles. The summed E-state index contributed by atoms with van der Waals surface area (Å²) in [4.78, 5) is 8.18. The van der Waals surface area contributed by atoms with Gasteiger partial charge in [-0.3, -0.25) is 0 Å². The van der Waals surface area contributed by atoms with Crippen molar-refractivity contribution in [2.45, 2.75) is 11.9 Å². The van der Waals surface area contributed by atoms with Crippen molar-refractivity contribution in [2.75, 3.05) is 0 Å². The maximum Gasteiger partial charge on any atom is 0.166 e. The maximum atomic E-state index is 6.09. The summed E-state index contributed by atoms with van der Waals surface area (Å²) < 4.78 is 5.66. The van der Waals surface area contributed by atoms with E-state index in [0.29, 0.717) is 28.5 Å². The van der Waals surface area contributed by atoms with Gasteiger partial charge in [-0.2, -0.15) is 0 Å². The SMILES string of the molecule is Clc1cccc(CBr)c1OCc1ncccn1. The summed E-state index contributed by atoms with van der Waals surface area (Å²) in [5, 5.41) is 1.29. The molecular weight excluding hydrogens is 304 g/mol. The largest absolute Gasteiger partial charge is 0.484 e. The molecule has 0 radical (unpaired) electrons. The van der Waals surface area contributed by atoms with E-state index in [1.54, 1.807) is 24.5 Å². The molecule has 88 valence electrons. The van der Waals surface area contributed by atoms with Crippen molar-refractivity contribution in [2.24, 2.45) is 0 Å². The Morgan fingerprint density at radius 1 is 1.18 bits per heavy atom. The van der Waals surface area contributed by atoms with Gasteiger partial charge in [-0.15, -0.1) is 0 Å². The molecule has 3 nitrogen and oxygen atoms in total. The van der Waals surface area contributed by atoms with E-state index in [-0.39, 0.29) is 0 Å². The third-order valence-corrected chi connectivity index (χ3v) is 3.06. The lowest BCUT2D eigenvalue weighted by Gasteiger charge is -2.10. The van der Waals surface area contributed by atoms with Gasteiger partial charge in [-0.1, -0.05) is 39.7 Å².